The van der Waals surface area contributed by atoms with Crippen LogP contribution in [0, 0.1) is 11.3 Å². The van der Waals surface area contributed by atoms with Gasteiger partial charge in [0.15, 0.2) is 5.78 Å². The van der Waals surface area contributed by atoms with Gasteiger partial charge in [0, 0.05) is 24.2 Å². The molecule has 32 heavy (non-hydrogen) atoms. The molecule has 3 aliphatic carbocycles. The largest absolute Gasteiger partial charge is 0.382 e. The van der Waals surface area contributed by atoms with Crippen LogP contribution in [0.2, 0.25) is 0 Å². The fraction of sp³-hybridized carbons (Fsp3) is 0.500. The van der Waals surface area contributed by atoms with Crippen molar-refractivity contribution in [2.75, 3.05) is 0 Å². The lowest BCUT2D eigenvalue weighted by atomic mass is 9.58. The Labute approximate surface area is 188 Å². The standard InChI is InChI=1S/C28H29NO3/c1-26-10-8-21-15-20-4-6-23(30)25(31)28(20)12-11-27(21,32-28)24(26)7-5-22(26)18-3-2-17-9-13-29-16-19(17)14-18/h2-3,8-9,13-16,22,24-25,31H,4-7,10-12H2,1H3/t22-,24-,25+,26-,27?,28+/m1/s1. The molecule has 1 saturated heterocycles. The molecule has 1 aromatic carbocycles. The zero-order chi connectivity index (χ0) is 21.7. The zero-order valence-corrected chi connectivity index (χ0v) is 18.5. The van der Waals surface area contributed by atoms with Gasteiger partial charge in [0.1, 0.15) is 11.7 Å². The van der Waals surface area contributed by atoms with E-state index in [1.807, 2.05) is 12.4 Å². The molecule has 6 atom stereocenters. The summed E-state index contributed by atoms with van der Waals surface area (Å²) in [5.41, 5.74) is 2.81. The van der Waals surface area contributed by atoms with Crippen LogP contribution >= 0.6 is 0 Å². The Balaban J connectivity index is 1.32. The Morgan fingerprint density at radius 1 is 1.09 bits per heavy atom. The Hall–Kier alpha value is -2.30. The highest BCUT2D eigenvalue weighted by atomic mass is 16.5. The molecule has 2 aromatic rings. The van der Waals surface area contributed by atoms with Crippen LogP contribution in [-0.4, -0.2) is 33.2 Å². The Morgan fingerprint density at radius 3 is 2.88 bits per heavy atom. The van der Waals surface area contributed by atoms with E-state index < -0.39 is 11.7 Å². The fourth-order valence-corrected chi connectivity index (χ4v) is 8.13. The van der Waals surface area contributed by atoms with Crippen molar-refractivity contribution in [3.05, 3.63) is 65.5 Å². The number of rotatable bonds is 1. The second kappa shape index (κ2) is 6.18. The highest BCUT2D eigenvalue weighted by Crippen LogP contribution is 2.69. The highest BCUT2D eigenvalue weighted by Gasteiger charge is 2.68. The number of Topliss-reactive ketones (excluding diaryl/α,β-unsaturated/α-hetero) is 1. The molecule has 3 fully saturated rings. The van der Waals surface area contributed by atoms with Gasteiger partial charge < -0.3 is 9.84 Å². The van der Waals surface area contributed by atoms with E-state index >= 15 is 0 Å². The smallest absolute Gasteiger partial charge is 0.164 e. The molecule has 4 heteroatoms. The van der Waals surface area contributed by atoms with Gasteiger partial charge >= 0.3 is 0 Å². The van der Waals surface area contributed by atoms with Gasteiger partial charge in [0.2, 0.25) is 0 Å². The molecule has 4 nitrogen and oxygen atoms in total. The average molecular weight is 428 g/mol. The number of nitrogens with zero attached hydrogens (tertiary/aromatic N) is 1. The van der Waals surface area contributed by atoms with Crippen molar-refractivity contribution in [3.8, 4) is 0 Å². The summed E-state index contributed by atoms with van der Waals surface area (Å²) in [5.74, 6) is 0.804. The first-order chi connectivity index (χ1) is 15.5. The lowest BCUT2D eigenvalue weighted by Gasteiger charge is -2.54. The molecular formula is C28H29NO3. The first kappa shape index (κ1) is 19.2. The van der Waals surface area contributed by atoms with Gasteiger partial charge in [-0.1, -0.05) is 31.2 Å². The van der Waals surface area contributed by atoms with Gasteiger partial charge in [-0.15, -0.1) is 0 Å². The molecule has 2 aliphatic heterocycles. The number of pyridine rings is 1. The molecule has 2 saturated carbocycles. The number of ketones is 1. The predicted octanol–water partition coefficient (Wildman–Crippen LogP) is 5.02. The van der Waals surface area contributed by atoms with Gasteiger partial charge in [0.05, 0.1) is 5.60 Å². The van der Waals surface area contributed by atoms with Crippen molar-refractivity contribution in [3.63, 3.8) is 0 Å². The molecule has 0 amide bonds. The molecule has 3 heterocycles. The number of aliphatic hydroxyl groups is 1. The summed E-state index contributed by atoms with van der Waals surface area (Å²) < 4.78 is 6.98. The predicted molar refractivity (Wildman–Crippen MR) is 122 cm³/mol. The van der Waals surface area contributed by atoms with Crippen molar-refractivity contribution in [2.24, 2.45) is 11.3 Å². The number of fused-ring (bicyclic) bond motifs is 2. The van der Waals surface area contributed by atoms with Gasteiger partial charge in [-0.05, 0) is 90.0 Å². The normalized spacial score (nSPS) is 42.2. The van der Waals surface area contributed by atoms with Crippen LogP contribution in [-0.2, 0) is 9.53 Å². The molecule has 7 rings (SSSR count). The highest BCUT2D eigenvalue weighted by molar-refractivity contribution is 5.87. The number of aromatic nitrogens is 1. The topological polar surface area (TPSA) is 59.4 Å². The Bertz CT molecular complexity index is 1230. The number of allylic oxidation sites excluding steroid dienone is 1. The van der Waals surface area contributed by atoms with Gasteiger partial charge in [-0.25, -0.2) is 0 Å². The van der Waals surface area contributed by atoms with Crippen LogP contribution in [0.5, 0.6) is 0 Å². The number of carbonyl (C=O) groups excluding carboxylic acids is 1. The molecule has 2 bridgehead atoms. The molecular weight excluding hydrogens is 398 g/mol. The molecule has 2 spiro atoms. The fourth-order valence-electron chi connectivity index (χ4n) is 8.13. The van der Waals surface area contributed by atoms with E-state index in [4.69, 9.17) is 4.74 Å². The second-order valence-electron chi connectivity index (χ2n) is 11.0. The third-order valence-electron chi connectivity index (χ3n) is 9.71. The quantitative estimate of drug-likeness (QED) is 0.695. The summed E-state index contributed by atoms with van der Waals surface area (Å²) in [7, 11) is 0. The average Bonchev–Trinajstić information content (AvgIpc) is 3.33. The van der Waals surface area contributed by atoms with Crippen molar-refractivity contribution in [1.82, 2.24) is 4.98 Å². The number of hydrogen-bond donors (Lipinski definition) is 1. The zero-order valence-electron chi connectivity index (χ0n) is 18.5. The number of benzene rings is 1. The molecule has 1 N–H and O–H groups in total. The van der Waals surface area contributed by atoms with Crippen LogP contribution in [0.15, 0.2) is 60.0 Å². The Morgan fingerprint density at radius 2 is 1.97 bits per heavy atom. The maximum atomic E-state index is 12.4. The summed E-state index contributed by atoms with van der Waals surface area (Å²) in [6.45, 7) is 2.45. The Kier molecular flexibility index (Phi) is 3.71. The molecule has 1 unspecified atom stereocenters. The summed E-state index contributed by atoms with van der Waals surface area (Å²) in [6, 6.07) is 8.93. The van der Waals surface area contributed by atoms with Crippen LogP contribution < -0.4 is 0 Å². The van der Waals surface area contributed by atoms with Crippen molar-refractivity contribution in [1.29, 1.82) is 0 Å². The monoisotopic (exact) mass is 427 g/mol. The molecule has 5 aliphatic rings. The van der Waals surface area contributed by atoms with E-state index in [1.54, 1.807) is 0 Å². The van der Waals surface area contributed by atoms with Crippen LogP contribution in [0.1, 0.15) is 63.4 Å². The molecule has 0 radical (unpaired) electrons. The summed E-state index contributed by atoms with van der Waals surface area (Å²) in [6.07, 6.45) is 13.6. The van der Waals surface area contributed by atoms with Gasteiger partial charge in [-0.3, -0.25) is 9.78 Å². The molecule has 164 valence electrons. The van der Waals surface area contributed by atoms with E-state index in [0.29, 0.717) is 18.3 Å². The maximum absolute atomic E-state index is 12.4. The van der Waals surface area contributed by atoms with E-state index in [2.05, 4.69) is 48.3 Å². The first-order valence-electron chi connectivity index (χ1n) is 12.1. The first-order valence-corrected chi connectivity index (χ1v) is 12.1. The number of carbonyl (C=O) groups is 1. The minimum absolute atomic E-state index is 0.0562. The van der Waals surface area contributed by atoms with E-state index in [1.165, 1.54) is 21.9 Å². The number of hydrogen-bond acceptors (Lipinski definition) is 4. The second-order valence-corrected chi connectivity index (χ2v) is 11.0. The summed E-state index contributed by atoms with van der Waals surface area (Å²) in [5, 5.41) is 13.4. The van der Waals surface area contributed by atoms with Crippen LogP contribution in [0.25, 0.3) is 10.8 Å². The lowest BCUT2D eigenvalue weighted by molar-refractivity contribution is -0.177. The minimum atomic E-state index is -1.01. The van der Waals surface area contributed by atoms with Gasteiger partial charge in [0.25, 0.3) is 0 Å². The number of ether oxygens (including phenoxy) is 1. The van der Waals surface area contributed by atoms with Crippen LogP contribution in [0.3, 0.4) is 0 Å². The van der Waals surface area contributed by atoms with E-state index in [9.17, 15) is 9.90 Å². The SMILES string of the molecule is C[C@]12CC=C3C=C4CCC(=O)[C@H](O)[C@]45CCC3(O5)[C@@H]1CC[C@@H]2c1ccc2ccncc2c1. The van der Waals surface area contributed by atoms with E-state index in [0.717, 1.165) is 44.1 Å². The van der Waals surface area contributed by atoms with E-state index in [-0.39, 0.29) is 16.8 Å². The van der Waals surface area contributed by atoms with Crippen LogP contribution in [0.4, 0.5) is 0 Å². The molecule has 1 aromatic heterocycles. The third kappa shape index (κ3) is 2.20. The summed E-state index contributed by atoms with van der Waals surface area (Å²) >= 11 is 0. The minimum Gasteiger partial charge on any atom is -0.382 e. The third-order valence-corrected chi connectivity index (χ3v) is 9.71. The summed E-state index contributed by atoms with van der Waals surface area (Å²) in [4.78, 5) is 16.8. The number of aliphatic hydroxyl groups excluding tert-OH is 1. The van der Waals surface area contributed by atoms with Crippen molar-refractivity contribution in [2.45, 2.75) is 75.1 Å². The maximum Gasteiger partial charge on any atom is 0.164 e. The lowest BCUT2D eigenvalue weighted by Crippen LogP contribution is -2.58. The van der Waals surface area contributed by atoms with Gasteiger partial charge in [-0.2, -0.15) is 0 Å². The van der Waals surface area contributed by atoms with Crippen molar-refractivity contribution >= 4 is 16.6 Å². The van der Waals surface area contributed by atoms with Crippen molar-refractivity contribution < 1.29 is 14.6 Å².